The second kappa shape index (κ2) is 5.07. The summed E-state index contributed by atoms with van der Waals surface area (Å²) in [4.78, 5) is 0. The maximum atomic E-state index is 2.28. The first-order valence-corrected chi connectivity index (χ1v) is 5.93. The zero-order valence-corrected chi connectivity index (χ0v) is 10.5. The lowest BCUT2D eigenvalue weighted by Gasteiger charge is -2.34. The number of quaternary nitrogens is 1. The Balaban J connectivity index is 2.04. The van der Waals surface area contributed by atoms with Crippen LogP contribution in [0.3, 0.4) is 0 Å². The first-order valence-electron chi connectivity index (χ1n) is 5.93. The van der Waals surface area contributed by atoms with E-state index in [1.165, 1.54) is 11.1 Å². The first-order chi connectivity index (χ1) is 8.16. The van der Waals surface area contributed by atoms with Gasteiger partial charge in [0.1, 0.15) is 0 Å². The van der Waals surface area contributed by atoms with Crippen LogP contribution in [0.25, 0.3) is 0 Å². The van der Waals surface area contributed by atoms with Crippen molar-refractivity contribution < 1.29 is 4.48 Å². The Morgan fingerprint density at radius 3 is 1.94 bits per heavy atom. The quantitative estimate of drug-likeness (QED) is 0.552. The van der Waals surface area contributed by atoms with Crippen molar-refractivity contribution in [2.24, 2.45) is 0 Å². The van der Waals surface area contributed by atoms with E-state index in [0.29, 0.717) is 0 Å². The van der Waals surface area contributed by atoms with Crippen molar-refractivity contribution in [2.45, 2.75) is 6.54 Å². The molecule has 0 saturated carbocycles. The highest BCUT2D eigenvalue weighted by molar-refractivity contribution is 5.20. The highest BCUT2D eigenvalue weighted by atomic mass is 15.3. The van der Waals surface area contributed by atoms with Crippen LogP contribution in [0.5, 0.6) is 0 Å². The molecule has 0 unspecified atom stereocenters. The van der Waals surface area contributed by atoms with Crippen LogP contribution < -0.4 is 0 Å². The molecule has 0 radical (unpaired) electrons. The molecule has 2 rings (SSSR count). The molecule has 17 heavy (non-hydrogen) atoms. The summed E-state index contributed by atoms with van der Waals surface area (Å²) in [5, 5.41) is 0. The summed E-state index contributed by atoms with van der Waals surface area (Å²) in [5.41, 5.74) is 2.64. The molecule has 1 heteroatoms. The normalized spacial score (nSPS) is 11.2. The van der Waals surface area contributed by atoms with Gasteiger partial charge in [-0.3, -0.25) is 0 Å². The second-order valence-corrected chi connectivity index (χ2v) is 4.96. The highest BCUT2D eigenvalue weighted by Crippen LogP contribution is 2.16. The van der Waals surface area contributed by atoms with Gasteiger partial charge >= 0.3 is 0 Å². The molecule has 0 N–H and O–H groups in total. The van der Waals surface area contributed by atoms with Gasteiger partial charge in [0.2, 0.25) is 0 Å². The van der Waals surface area contributed by atoms with Crippen LogP contribution in [0.4, 0.5) is 0 Å². The van der Waals surface area contributed by atoms with Crippen molar-refractivity contribution in [2.75, 3.05) is 14.1 Å². The summed E-state index contributed by atoms with van der Waals surface area (Å²) in [5.74, 6) is 0. The van der Waals surface area contributed by atoms with E-state index in [0.717, 1.165) is 11.0 Å². The van der Waals surface area contributed by atoms with E-state index in [9.17, 15) is 0 Å². The van der Waals surface area contributed by atoms with Crippen molar-refractivity contribution in [3.63, 3.8) is 0 Å². The van der Waals surface area contributed by atoms with Gasteiger partial charge in [-0.05, 0) is 6.54 Å². The molecule has 0 fully saturated rings. The van der Waals surface area contributed by atoms with Crippen LogP contribution in [-0.2, 0) is 6.54 Å². The van der Waals surface area contributed by atoms with Gasteiger partial charge in [0.25, 0.3) is 0 Å². The molecule has 0 aliphatic heterocycles. The number of hydrogen-bond acceptors (Lipinski definition) is 0. The molecule has 0 heterocycles. The minimum atomic E-state index is 0.855. The summed E-state index contributed by atoms with van der Waals surface area (Å²) in [6, 6.07) is 21.1. The third kappa shape index (κ3) is 3.65. The molecule has 2 aromatic rings. The molecule has 0 saturated heterocycles. The number of rotatable bonds is 4. The molecule has 2 aromatic carbocycles. The maximum Gasteiger partial charge on any atom is 0.0990 e. The number of hydrogen-bond donors (Lipinski definition) is 0. The molecule has 88 valence electrons. The number of nitrogens with zero attached hydrogens (tertiary/aromatic N) is 1. The standard InChI is InChI=1S/C16H19N/c1-17(2,13-15-9-5-3-6-10-15)14-16-11-7-4-8-12-16/h3-13H,14H2,1-2H3. The van der Waals surface area contributed by atoms with Gasteiger partial charge in [-0.1, -0.05) is 36.4 Å². The fourth-order valence-electron chi connectivity index (χ4n) is 2.04. The Morgan fingerprint density at radius 2 is 1.35 bits per heavy atom. The largest absolute Gasteiger partial charge is 0.347 e. The fourth-order valence-corrected chi connectivity index (χ4v) is 2.04. The van der Waals surface area contributed by atoms with Crippen molar-refractivity contribution >= 4 is 0 Å². The number of benzene rings is 2. The monoisotopic (exact) mass is 225 g/mol. The molecule has 0 atom stereocenters. The highest BCUT2D eigenvalue weighted by Gasteiger charge is 2.12. The predicted octanol–water partition coefficient (Wildman–Crippen LogP) is 3.47. The van der Waals surface area contributed by atoms with Gasteiger partial charge in [0.05, 0.1) is 20.6 Å². The predicted molar refractivity (Wildman–Crippen MR) is 72.1 cm³/mol. The minimum absolute atomic E-state index is 0.855. The lowest BCUT2D eigenvalue weighted by Crippen LogP contribution is -2.36. The van der Waals surface area contributed by atoms with Gasteiger partial charge in [-0.15, -0.1) is 17.7 Å². The van der Waals surface area contributed by atoms with E-state index < -0.39 is 0 Å². The Bertz CT molecular complexity index is 402. The van der Waals surface area contributed by atoms with Gasteiger partial charge in [0.15, 0.2) is 0 Å². The van der Waals surface area contributed by atoms with E-state index >= 15 is 0 Å². The molecular weight excluding hydrogens is 206 g/mol. The average Bonchev–Trinajstić information content (AvgIpc) is 2.30. The van der Waals surface area contributed by atoms with Crippen molar-refractivity contribution in [3.8, 4) is 0 Å². The topological polar surface area (TPSA) is 0 Å². The smallest absolute Gasteiger partial charge is 0.0990 e. The average molecular weight is 225 g/mol. The molecule has 1 nitrogen and oxygen atoms in total. The Labute approximate surface area is 104 Å². The molecule has 0 bridgehead atoms. The van der Waals surface area contributed by atoms with E-state index in [1.54, 1.807) is 0 Å². The molecule has 0 aromatic heterocycles. The van der Waals surface area contributed by atoms with Crippen molar-refractivity contribution in [1.29, 1.82) is 0 Å². The Morgan fingerprint density at radius 1 is 0.824 bits per heavy atom. The zero-order chi connectivity index (χ0) is 12.1. The SMILES string of the molecule is C[N+](C)([CH-]c1ccccc1)Cc1ccccc1. The second-order valence-electron chi connectivity index (χ2n) is 4.96. The van der Waals surface area contributed by atoms with Crippen LogP contribution in [0.1, 0.15) is 11.1 Å². The summed E-state index contributed by atoms with van der Waals surface area (Å²) in [6.45, 7) is 3.29. The Kier molecular flexibility index (Phi) is 3.50. The minimum Gasteiger partial charge on any atom is -0.347 e. The summed E-state index contributed by atoms with van der Waals surface area (Å²) in [6.07, 6.45) is 0. The van der Waals surface area contributed by atoms with Crippen LogP contribution in [0.2, 0.25) is 0 Å². The van der Waals surface area contributed by atoms with Crippen LogP contribution in [0, 0.1) is 6.54 Å². The van der Waals surface area contributed by atoms with Crippen LogP contribution in [-0.4, -0.2) is 18.6 Å². The van der Waals surface area contributed by atoms with Crippen molar-refractivity contribution in [1.82, 2.24) is 0 Å². The van der Waals surface area contributed by atoms with E-state index in [2.05, 4.69) is 81.3 Å². The molecule has 0 aliphatic rings. The molecule has 0 spiro atoms. The van der Waals surface area contributed by atoms with E-state index in [1.807, 2.05) is 0 Å². The van der Waals surface area contributed by atoms with Crippen LogP contribution in [0.15, 0.2) is 60.7 Å². The third-order valence-electron chi connectivity index (χ3n) is 2.73. The van der Waals surface area contributed by atoms with E-state index in [-0.39, 0.29) is 0 Å². The summed E-state index contributed by atoms with van der Waals surface area (Å²) in [7, 11) is 4.44. The summed E-state index contributed by atoms with van der Waals surface area (Å²) >= 11 is 0. The Hall–Kier alpha value is -1.73. The third-order valence-corrected chi connectivity index (χ3v) is 2.73. The molecule has 0 aliphatic carbocycles. The first kappa shape index (κ1) is 11.7. The van der Waals surface area contributed by atoms with Crippen molar-refractivity contribution in [3.05, 3.63) is 78.3 Å². The molecular formula is C16H19N. The maximum absolute atomic E-state index is 2.28. The zero-order valence-electron chi connectivity index (χ0n) is 10.5. The summed E-state index contributed by atoms with van der Waals surface area (Å²) < 4.78 is 0.855. The van der Waals surface area contributed by atoms with Crippen LogP contribution >= 0.6 is 0 Å². The van der Waals surface area contributed by atoms with E-state index in [4.69, 9.17) is 0 Å². The molecule has 0 amide bonds. The van der Waals surface area contributed by atoms with Gasteiger partial charge < -0.3 is 4.48 Å². The van der Waals surface area contributed by atoms with Gasteiger partial charge in [-0.25, -0.2) is 0 Å². The lowest BCUT2D eigenvalue weighted by atomic mass is 10.1. The fraction of sp³-hybridized carbons (Fsp3) is 0.188. The lowest BCUT2D eigenvalue weighted by molar-refractivity contribution is -0.871. The van der Waals surface area contributed by atoms with Gasteiger partial charge in [0, 0.05) is 5.56 Å². The van der Waals surface area contributed by atoms with Gasteiger partial charge in [-0.2, -0.15) is 12.1 Å².